The highest BCUT2D eigenvalue weighted by molar-refractivity contribution is 7.98. The molecule has 1 aromatic carbocycles. The SMILES string of the molecule is CSCCNC(=O)c1ccc(C#CCO)c(Cl)c1. The molecule has 0 spiro atoms. The van der Waals surface area contributed by atoms with Gasteiger partial charge in [0.1, 0.15) is 6.61 Å². The van der Waals surface area contributed by atoms with Crippen LogP contribution >= 0.6 is 23.4 Å². The van der Waals surface area contributed by atoms with Gasteiger partial charge in [-0.15, -0.1) is 0 Å². The summed E-state index contributed by atoms with van der Waals surface area (Å²) in [5.41, 5.74) is 1.11. The van der Waals surface area contributed by atoms with E-state index in [-0.39, 0.29) is 12.5 Å². The van der Waals surface area contributed by atoms with E-state index in [1.807, 2.05) is 6.26 Å². The Balaban J connectivity index is 2.74. The summed E-state index contributed by atoms with van der Waals surface area (Å²) in [4.78, 5) is 11.7. The molecule has 0 bridgehead atoms. The van der Waals surface area contributed by atoms with Gasteiger partial charge < -0.3 is 10.4 Å². The van der Waals surface area contributed by atoms with Crippen LogP contribution in [0.4, 0.5) is 0 Å². The average molecular weight is 284 g/mol. The van der Waals surface area contributed by atoms with Crippen molar-refractivity contribution in [2.45, 2.75) is 0 Å². The highest BCUT2D eigenvalue weighted by Crippen LogP contribution is 2.17. The predicted octanol–water partition coefficient (Wildman–Crippen LogP) is 1.78. The molecule has 1 amide bonds. The monoisotopic (exact) mass is 283 g/mol. The number of amides is 1. The Kier molecular flexibility index (Phi) is 6.66. The molecule has 0 atom stereocenters. The lowest BCUT2D eigenvalue weighted by atomic mass is 10.1. The summed E-state index contributed by atoms with van der Waals surface area (Å²) < 4.78 is 0. The zero-order chi connectivity index (χ0) is 13.4. The molecule has 18 heavy (non-hydrogen) atoms. The van der Waals surface area contributed by atoms with Gasteiger partial charge >= 0.3 is 0 Å². The third-order valence-electron chi connectivity index (χ3n) is 2.13. The second-order valence-electron chi connectivity index (χ2n) is 3.40. The summed E-state index contributed by atoms with van der Waals surface area (Å²) in [6.45, 7) is 0.414. The Hall–Kier alpha value is -1.15. The average Bonchev–Trinajstić information content (AvgIpc) is 2.37. The van der Waals surface area contributed by atoms with Crippen LogP contribution in [-0.4, -0.2) is 36.2 Å². The molecule has 0 aliphatic carbocycles. The van der Waals surface area contributed by atoms with Crippen LogP contribution in [0.2, 0.25) is 5.02 Å². The molecule has 0 aromatic heterocycles. The second kappa shape index (κ2) is 8.04. The van der Waals surface area contributed by atoms with Crippen molar-refractivity contribution in [1.82, 2.24) is 5.32 Å². The molecule has 1 rings (SSSR count). The van der Waals surface area contributed by atoms with E-state index >= 15 is 0 Å². The largest absolute Gasteiger partial charge is 0.384 e. The lowest BCUT2D eigenvalue weighted by molar-refractivity contribution is 0.0956. The normalized spacial score (nSPS) is 9.50. The van der Waals surface area contributed by atoms with Crippen molar-refractivity contribution in [1.29, 1.82) is 0 Å². The first kappa shape index (κ1) is 14.9. The topological polar surface area (TPSA) is 49.3 Å². The quantitative estimate of drug-likeness (QED) is 0.654. The highest BCUT2D eigenvalue weighted by atomic mass is 35.5. The third-order valence-corrected chi connectivity index (χ3v) is 3.05. The number of aliphatic hydroxyl groups excluding tert-OH is 1. The molecule has 0 fully saturated rings. The minimum absolute atomic E-state index is 0.146. The van der Waals surface area contributed by atoms with E-state index < -0.39 is 0 Å². The Morgan fingerprint density at radius 2 is 2.33 bits per heavy atom. The van der Waals surface area contributed by atoms with Gasteiger partial charge in [0, 0.05) is 23.4 Å². The van der Waals surface area contributed by atoms with Crippen LogP contribution in [0, 0.1) is 11.8 Å². The number of thioether (sulfide) groups is 1. The number of carbonyl (C=O) groups is 1. The van der Waals surface area contributed by atoms with Crippen LogP contribution in [0.1, 0.15) is 15.9 Å². The minimum Gasteiger partial charge on any atom is -0.384 e. The molecule has 0 aliphatic heterocycles. The number of halogens is 1. The van der Waals surface area contributed by atoms with Crippen molar-refractivity contribution in [2.24, 2.45) is 0 Å². The van der Waals surface area contributed by atoms with E-state index in [1.165, 1.54) is 0 Å². The van der Waals surface area contributed by atoms with Crippen molar-refractivity contribution >= 4 is 29.3 Å². The zero-order valence-electron chi connectivity index (χ0n) is 10.00. The third kappa shape index (κ3) is 4.61. The first-order chi connectivity index (χ1) is 8.69. The lowest BCUT2D eigenvalue weighted by Gasteiger charge is -2.05. The zero-order valence-corrected chi connectivity index (χ0v) is 11.6. The maximum absolute atomic E-state index is 11.7. The first-order valence-electron chi connectivity index (χ1n) is 5.35. The molecule has 2 N–H and O–H groups in total. The van der Waals surface area contributed by atoms with Crippen LogP contribution in [-0.2, 0) is 0 Å². The van der Waals surface area contributed by atoms with Crippen molar-refractivity contribution < 1.29 is 9.90 Å². The molecule has 96 valence electrons. The van der Waals surface area contributed by atoms with Gasteiger partial charge in [0.05, 0.1) is 5.02 Å². The van der Waals surface area contributed by atoms with Gasteiger partial charge in [0.25, 0.3) is 5.91 Å². The summed E-state index contributed by atoms with van der Waals surface area (Å²) in [5.74, 6) is 5.96. The van der Waals surface area contributed by atoms with Crippen molar-refractivity contribution in [3.63, 3.8) is 0 Å². The fourth-order valence-corrected chi connectivity index (χ4v) is 1.80. The standard InChI is InChI=1S/C13H14ClNO2S/c1-18-8-6-15-13(17)11-5-4-10(3-2-7-16)12(14)9-11/h4-5,9,16H,6-8H2,1H3,(H,15,17). The van der Waals surface area contributed by atoms with E-state index in [0.29, 0.717) is 22.7 Å². The van der Waals surface area contributed by atoms with Crippen molar-refractivity contribution in [2.75, 3.05) is 25.2 Å². The number of hydrogen-bond acceptors (Lipinski definition) is 3. The number of carbonyl (C=O) groups excluding carboxylic acids is 1. The van der Waals surface area contributed by atoms with Crippen molar-refractivity contribution in [3.8, 4) is 11.8 Å². The molecular weight excluding hydrogens is 270 g/mol. The summed E-state index contributed by atoms with van der Waals surface area (Å²) in [7, 11) is 0. The van der Waals surface area contributed by atoms with Crippen LogP contribution in [0.25, 0.3) is 0 Å². The van der Waals surface area contributed by atoms with E-state index in [9.17, 15) is 4.79 Å². The van der Waals surface area contributed by atoms with E-state index in [2.05, 4.69) is 17.2 Å². The van der Waals surface area contributed by atoms with Crippen LogP contribution in [0.5, 0.6) is 0 Å². The van der Waals surface area contributed by atoms with Crippen LogP contribution < -0.4 is 5.32 Å². The molecule has 0 heterocycles. The van der Waals surface area contributed by atoms with Gasteiger partial charge in [0.15, 0.2) is 0 Å². The maximum Gasteiger partial charge on any atom is 0.251 e. The maximum atomic E-state index is 11.7. The number of rotatable bonds is 4. The number of aliphatic hydroxyl groups is 1. The lowest BCUT2D eigenvalue weighted by Crippen LogP contribution is -2.25. The molecule has 0 unspecified atom stereocenters. The number of hydrogen-bond donors (Lipinski definition) is 2. The number of benzene rings is 1. The van der Waals surface area contributed by atoms with Crippen molar-refractivity contribution in [3.05, 3.63) is 34.3 Å². The molecular formula is C13H14ClNO2S. The molecule has 0 aliphatic rings. The Labute approximate surface area is 116 Å². The molecule has 3 nitrogen and oxygen atoms in total. The minimum atomic E-state index is -0.215. The fourth-order valence-electron chi connectivity index (χ4n) is 1.26. The van der Waals surface area contributed by atoms with Gasteiger partial charge in [0.2, 0.25) is 0 Å². The van der Waals surface area contributed by atoms with E-state index in [0.717, 1.165) is 5.75 Å². The molecule has 0 saturated heterocycles. The molecule has 5 heteroatoms. The van der Waals surface area contributed by atoms with Gasteiger partial charge in [-0.3, -0.25) is 4.79 Å². The smallest absolute Gasteiger partial charge is 0.251 e. The summed E-state index contributed by atoms with van der Waals surface area (Å²) >= 11 is 7.67. The van der Waals surface area contributed by atoms with E-state index in [4.69, 9.17) is 16.7 Å². The first-order valence-corrected chi connectivity index (χ1v) is 7.12. The number of nitrogens with one attached hydrogen (secondary N) is 1. The molecule has 0 saturated carbocycles. The van der Waals surface area contributed by atoms with Crippen LogP contribution in [0.15, 0.2) is 18.2 Å². The fraction of sp³-hybridized carbons (Fsp3) is 0.308. The van der Waals surface area contributed by atoms with Crippen LogP contribution in [0.3, 0.4) is 0 Å². The van der Waals surface area contributed by atoms with E-state index in [1.54, 1.807) is 30.0 Å². The van der Waals surface area contributed by atoms with Gasteiger partial charge in [-0.05, 0) is 24.5 Å². The Morgan fingerprint density at radius 3 is 2.94 bits per heavy atom. The summed E-state index contributed by atoms with van der Waals surface area (Å²) in [6, 6.07) is 4.92. The Bertz CT molecular complexity index is 480. The molecule has 1 aromatic rings. The van der Waals surface area contributed by atoms with Gasteiger partial charge in [-0.2, -0.15) is 11.8 Å². The highest BCUT2D eigenvalue weighted by Gasteiger charge is 2.07. The Morgan fingerprint density at radius 1 is 1.56 bits per heavy atom. The summed E-state index contributed by atoms with van der Waals surface area (Å²) in [6.07, 6.45) is 1.98. The van der Waals surface area contributed by atoms with Gasteiger partial charge in [-0.25, -0.2) is 0 Å². The molecule has 0 radical (unpaired) electrons. The second-order valence-corrected chi connectivity index (χ2v) is 4.80. The predicted molar refractivity (Wildman–Crippen MR) is 76.1 cm³/mol. The summed E-state index contributed by atoms with van der Waals surface area (Å²) in [5, 5.41) is 11.8. The van der Waals surface area contributed by atoms with Gasteiger partial charge in [-0.1, -0.05) is 23.4 Å².